The molecule has 0 bridgehead atoms. The molecule has 2 aliphatic heterocycles. The van der Waals surface area contributed by atoms with Gasteiger partial charge in [-0.2, -0.15) is 5.26 Å². The minimum Gasteiger partial charge on any atom is -0.477 e. The zero-order valence-electron chi connectivity index (χ0n) is 44.9. The van der Waals surface area contributed by atoms with Gasteiger partial charge in [-0.1, -0.05) is 0 Å². The lowest BCUT2D eigenvalue weighted by molar-refractivity contribution is 0.0505. The number of ether oxygens (including phenoxy) is 5. The number of rotatable bonds is 12. The van der Waals surface area contributed by atoms with Crippen LogP contribution in [0.5, 0.6) is 0 Å². The third-order valence-corrected chi connectivity index (χ3v) is 12.2. The van der Waals surface area contributed by atoms with E-state index in [1.54, 1.807) is 107 Å². The molecule has 10 rings (SSSR count). The van der Waals surface area contributed by atoms with Gasteiger partial charge >= 0.3 is 35.8 Å². The molecule has 4 N–H and O–H groups in total. The predicted molar refractivity (Wildman–Crippen MR) is 286 cm³/mol. The van der Waals surface area contributed by atoms with E-state index in [1.807, 2.05) is 18.4 Å². The summed E-state index contributed by atoms with van der Waals surface area (Å²) in [6.07, 6.45) is 0. The molecule has 0 radical (unpaired) electrons. The Morgan fingerprint density at radius 2 is 0.975 bits per heavy atom. The zero-order chi connectivity index (χ0) is 57.9. The second-order valence-corrected chi connectivity index (χ2v) is 17.7. The van der Waals surface area contributed by atoms with Crippen molar-refractivity contribution in [2.75, 3.05) is 46.1 Å². The Balaban J connectivity index is 0.000000155. The minimum absolute atomic E-state index is 0.0124. The summed E-state index contributed by atoms with van der Waals surface area (Å²) >= 11 is 0. The van der Waals surface area contributed by atoms with E-state index in [4.69, 9.17) is 28.8 Å². The number of carboxylic acid groups (broad SMARTS) is 1. The lowest BCUT2D eigenvalue weighted by atomic mass is 10.2. The van der Waals surface area contributed by atoms with E-state index in [0.717, 1.165) is 16.2 Å². The van der Waals surface area contributed by atoms with Gasteiger partial charge in [0.05, 0.1) is 51.2 Å². The number of carbonyl (C=O) groups excluding carboxylic acids is 7. The molecule has 0 fully saturated rings. The lowest BCUT2D eigenvalue weighted by Crippen LogP contribution is -2.37. The van der Waals surface area contributed by atoms with Crippen molar-refractivity contribution in [1.82, 2.24) is 49.3 Å². The fraction of sp³-hybridized carbons (Fsp3) is 0.327. The van der Waals surface area contributed by atoms with Crippen LogP contribution in [-0.2, 0) is 23.7 Å². The van der Waals surface area contributed by atoms with Crippen LogP contribution in [0, 0.1) is 11.3 Å². The quantitative estimate of drug-likeness (QED) is 0.0710. The second-order valence-electron chi connectivity index (χ2n) is 17.7. The fourth-order valence-corrected chi connectivity index (χ4v) is 8.59. The molecule has 3 unspecified atom stereocenters. The molecule has 8 aromatic heterocycles. The van der Waals surface area contributed by atoms with Crippen molar-refractivity contribution >= 4 is 91.8 Å². The predicted octanol–water partition coefficient (Wildman–Crippen LogP) is 6.95. The largest absolute Gasteiger partial charge is 0.477 e. The first-order chi connectivity index (χ1) is 38.4. The van der Waals surface area contributed by atoms with Crippen LogP contribution in [0.4, 0.5) is 0 Å². The summed E-state index contributed by atoms with van der Waals surface area (Å²) in [6.45, 7) is 16.7. The molecule has 0 aromatic carbocycles. The van der Waals surface area contributed by atoms with Gasteiger partial charge in [0, 0.05) is 34.6 Å². The van der Waals surface area contributed by atoms with Crippen molar-refractivity contribution in [3.8, 4) is 6.07 Å². The average molecular weight is 1100 g/mol. The number of amides is 2. The van der Waals surface area contributed by atoms with E-state index in [9.17, 15) is 43.6 Å². The maximum Gasteiger partial charge on any atom is 0.356 e. The van der Waals surface area contributed by atoms with Gasteiger partial charge in [-0.05, 0) is 128 Å². The number of hydrogen-bond donors (Lipinski definition) is 4. The highest BCUT2D eigenvalue weighted by molar-refractivity contribution is 6.02. The number of fused-ring (bicyclic) bond motifs is 8. The third kappa shape index (κ3) is 12.4. The van der Waals surface area contributed by atoms with E-state index in [0.29, 0.717) is 71.4 Å². The molecule has 0 aliphatic carbocycles. The number of esters is 5. The highest BCUT2D eigenvalue weighted by atomic mass is 16.5. The first-order valence-corrected chi connectivity index (χ1v) is 25.5. The summed E-state index contributed by atoms with van der Waals surface area (Å²) in [5.74, 6) is -3.80. The molecule has 25 heteroatoms. The maximum atomic E-state index is 12.1. The highest BCUT2D eigenvalue weighted by Crippen LogP contribution is 2.28. The van der Waals surface area contributed by atoms with Crippen LogP contribution in [0.2, 0.25) is 0 Å². The monoisotopic (exact) mass is 1100 g/mol. The van der Waals surface area contributed by atoms with Crippen molar-refractivity contribution in [3.63, 3.8) is 0 Å². The van der Waals surface area contributed by atoms with Gasteiger partial charge in [-0.3, -0.25) is 9.59 Å². The van der Waals surface area contributed by atoms with Gasteiger partial charge in [-0.25, -0.2) is 48.7 Å². The van der Waals surface area contributed by atoms with Gasteiger partial charge in [-0.15, -0.1) is 0 Å². The molecule has 416 valence electrons. The molecular formula is C55H57N11O14. The first-order valence-electron chi connectivity index (χ1n) is 25.5. The van der Waals surface area contributed by atoms with Crippen molar-refractivity contribution in [3.05, 3.63) is 118 Å². The summed E-state index contributed by atoms with van der Waals surface area (Å²) in [4.78, 5) is 113. The van der Waals surface area contributed by atoms with Crippen LogP contribution >= 0.6 is 0 Å². The third-order valence-electron chi connectivity index (χ3n) is 12.2. The molecule has 3 atom stereocenters. The number of nitriles is 1. The molecule has 0 spiro atoms. The lowest BCUT2D eigenvalue weighted by Gasteiger charge is -2.23. The van der Waals surface area contributed by atoms with Gasteiger partial charge in [0.2, 0.25) is 0 Å². The molecule has 2 aliphatic rings. The number of pyridine rings is 4. The topological polar surface area (TPSA) is 333 Å². The Bertz CT molecular complexity index is 3740. The van der Waals surface area contributed by atoms with Crippen molar-refractivity contribution < 1.29 is 67.1 Å². The Kier molecular flexibility index (Phi) is 18.4. The van der Waals surface area contributed by atoms with Crippen molar-refractivity contribution in [1.29, 1.82) is 5.26 Å². The Hall–Kier alpha value is -9.99. The summed E-state index contributed by atoms with van der Waals surface area (Å²) in [6, 6.07) is 21.3. The Labute approximate surface area is 456 Å². The highest BCUT2D eigenvalue weighted by Gasteiger charge is 2.28. The normalized spacial score (nSPS) is 14.4. The van der Waals surface area contributed by atoms with Crippen molar-refractivity contribution in [2.45, 2.75) is 73.5 Å². The van der Waals surface area contributed by atoms with Crippen LogP contribution < -0.4 is 10.6 Å². The molecule has 25 nitrogen and oxygen atoms in total. The van der Waals surface area contributed by atoms with Crippen LogP contribution in [0.25, 0.3) is 44.1 Å². The minimum atomic E-state index is -1.07. The first kappa shape index (κ1) is 57.7. The van der Waals surface area contributed by atoms with E-state index in [-0.39, 0.29) is 72.2 Å². The molecule has 80 heavy (non-hydrogen) atoms. The van der Waals surface area contributed by atoms with Gasteiger partial charge < -0.3 is 58.1 Å². The SMILES string of the molecule is CC1CNC(=O)c2cc3ccc(C(=O)O)nc3n21.CCOC(=O)c1ccc2cc(C(=O)OCC)[nH]c2n1.CCOC(=O)c1ccc2cc(C(=O)OCC)n(C(C)C#N)c2n1.CCOC(=O)c1ccc2cc3n(c2n1)C(C)CNC3=O. The van der Waals surface area contributed by atoms with E-state index in [2.05, 4.69) is 41.6 Å². The van der Waals surface area contributed by atoms with E-state index < -0.39 is 41.9 Å². The number of aromatic nitrogens is 8. The molecule has 2 amide bonds. The Morgan fingerprint density at radius 3 is 1.44 bits per heavy atom. The summed E-state index contributed by atoms with van der Waals surface area (Å²) < 4.78 is 29.8. The number of H-pyrrole nitrogens is 1. The van der Waals surface area contributed by atoms with Gasteiger partial charge in [0.15, 0.2) is 22.8 Å². The van der Waals surface area contributed by atoms with E-state index >= 15 is 0 Å². The van der Waals surface area contributed by atoms with Crippen LogP contribution in [-0.4, -0.2) is 137 Å². The number of aromatic amines is 1. The molecular weight excluding hydrogens is 1040 g/mol. The molecule has 0 saturated heterocycles. The van der Waals surface area contributed by atoms with E-state index in [1.165, 1.54) is 16.7 Å². The number of nitrogens with zero attached hydrogens (tertiary/aromatic N) is 8. The summed E-state index contributed by atoms with van der Waals surface area (Å²) in [5.41, 5.74) is 4.23. The Morgan fingerprint density at radius 1 is 0.575 bits per heavy atom. The summed E-state index contributed by atoms with van der Waals surface area (Å²) in [5, 5.41) is 26.8. The fourth-order valence-electron chi connectivity index (χ4n) is 8.59. The molecule has 0 saturated carbocycles. The van der Waals surface area contributed by atoms with Gasteiger partial charge in [0.1, 0.15) is 51.4 Å². The number of aromatic carboxylic acids is 1. The van der Waals surface area contributed by atoms with Crippen LogP contribution in [0.15, 0.2) is 72.8 Å². The van der Waals surface area contributed by atoms with Crippen LogP contribution in [0.1, 0.15) is 157 Å². The number of carboxylic acids is 1. The van der Waals surface area contributed by atoms with Crippen LogP contribution in [0.3, 0.4) is 0 Å². The number of nitrogens with one attached hydrogen (secondary N) is 3. The number of hydrogen-bond acceptors (Lipinski definition) is 18. The zero-order valence-corrected chi connectivity index (χ0v) is 44.9. The van der Waals surface area contributed by atoms with Crippen molar-refractivity contribution in [2.24, 2.45) is 0 Å². The maximum absolute atomic E-state index is 12.1. The summed E-state index contributed by atoms with van der Waals surface area (Å²) in [7, 11) is 0. The second kappa shape index (κ2) is 25.4. The number of carbonyl (C=O) groups is 8. The average Bonchev–Trinajstić information content (AvgIpc) is 4.39. The molecule has 8 aromatic rings. The molecule has 10 heterocycles. The standard InChI is InChI=1S/C16H17N3O4.C14H15N3O3.C13H14N2O4.C12H11N3O3/c1-4-22-15(20)12-7-6-11-8-13(16(21)23-5-2)19(10(3)9-17)14(11)18-12;1-3-20-14(19)10-5-4-9-6-11-13(18)15-7-8(2)17(11)12(9)16-10;1-3-18-12(16)9-6-5-8-7-10(13(17)19-4-2)15-11(8)14-9;1-6-5-13-11(16)9-4-7-2-3-8(12(17)18)14-10(7)15(6)9/h6-8,10H,4-5H2,1-3H3;4-6,8H,3,7H2,1-2H3,(H,15,18);5-7H,3-4H2,1-2H3,(H,14,15);2-4,6H,5H2,1H3,(H,13,16)(H,17,18). The van der Waals surface area contributed by atoms with Gasteiger partial charge in [0.25, 0.3) is 11.8 Å². The smallest absolute Gasteiger partial charge is 0.356 e.